The van der Waals surface area contributed by atoms with Gasteiger partial charge >= 0.3 is 6.18 Å². The first-order valence-electron chi connectivity index (χ1n) is 7.17. The Bertz CT molecular complexity index is 483. The number of carbonyl (C=O) groups excluding carboxylic acids is 1. The second-order valence-electron chi connectivity index (χ2n) is 4.86. The second kappa shape index (κ2) is 8.02. The lowest BCUT2D eigenvalue weighted by atomic mass is 10.3. The zero-order chi connectivity index (χ0) is 16.8. The molecule has 0 aromatic carbocycles. The minimum absolute atomic E-state index is 0.0644. The highest BCUT2D eigenvalue weighted by atomic mass is 19.4. The van der Waals surface area contributed by atoms with Crippen molar-refractivity contribution in [3.8, 4) is 0 Å². The molecule has 0 aliphatic carbocycles. The molecule has 6 nitrogen and oxygen atoms in total. The van der Waals surface area contributed by atoms with Crippen LogP contribution in [-0.4, -0.2) is 52.9 Å². The van der Waals surface area contributed by atoms with E-state index in [1.165, 1.54) is 0 Å². The number of aromatic nitrogens is 2. The fraction of sp³-hybridized carbons (Fsp3) is 0.692. The molecule has 1 rings (SSSR count). The van der Waals surface area contributed by atoms with E-state index in [1.807, 2.05) is 13.8 Å². The van der Waals surface area contributed by atoms with Crippen molar-refractivity contribution in [1.29, 1.82) is 0 Å². The molecular weight excluding hydrogens is 299 g/mol. The van der Waals surface area contributed by atoms with Crippen molar-refractivity contribution < 1.29 is 18.0 Å². The number of nitrogens with two attached hydrogens (primary N) is 1. The summed E-state index contributed by atoms with van der Waals surface area (Å²) < 4.78 is 37.9. The molecule has 9 heteroatoms. The molecule has 1 amide bonds. The molecule has 0 saturated carbocycles. The highest BCUT2D eigenvalue weighted by molar-refractivity contribution is 5.97. The van der Waals surface area contributed by atoms with E-state index in [0.717, 1.165) is 25.8 Å². The number of rotatable bonds is 8. The highest BCUT2D eigenvalue weighted by Crippen LogP contribution is 2.20. The van der Waals surface area contributed by atoms with Crippen molar-refractivity contribution in [2.75, 3.05) is 31.9 Å². The number of nitrogens with one attached hydrogen (secondary N) is 1. The largest absolute Gasteiger partial charge is 0.408 e. The van der Waals surface area contributed by atoms with Crippen LogP contribution in [0.5, 0.6) is 0 Å². The summed E-state index contributed by atoms with van der Waals surface area (Å²) >= 11 is 0. The number of alkyl halides is 3. The molecule has 0 spiro atoms. The number of amides is 1. The fourth-order valence-corrected chi connectivity index (χ4v) is 2.07. The SMILES string of the molecule is CCN(CC)CCCNC(=O)c1c(N)cnn1CC(F)(F)F. The predicted molar refractivity (Wildman–Crippen MR) is 77.4 cm³/mol. The molecule has 0 saturated heterocycles. The number of anilines is 1. The summed E-state index contributed by atoms with van der Waals surface area (Å²) in [6.45, 7) is 5.74. The Kier molecular flexibility index (Phi) is 6.66. The summed E-state index contributed by atoms with van der Waals surface area (Å²) in [5, 5.41) is 6.09. The molecule has 1 aromatic heterocycles. The second-order valence-corrected chi connectivity index (χ2v) is 4.86. The van der Waals surface area contributed by atoms with E-state index in [0.29, 0.717) is 17.6 Å². The van der Waals surface area contributed by atoms with Crippen LogP contribution < -0.4 is 11.1 Å². The third-order valence-corrected chi connectivity index (χ3v) is 3.24. The Labute approximate surface area is 127 Å². The van der Waals surface area contributed by atoms with Gasteiger partial charge in [0, 0.05) is 6.54 Å². The lowest BCUT2D eigenvalue weighted by molar-refractivity contribution is -0.142. The monoisotopic (exact) mass is 321 g/mol. The highest BCUT2D eigenvalue weighted by Gasteiger charge is 2.31. The molecule has 0 bridgehead atoms. The Morgan fingerprint density at radius 2 is 2.05 bits per heavy atom. The van der Waals surface area contributed by atoms with Gasteiger partial charge < -0.3 is 16.0 Å². The van der Waals surface area contributed by atoms with Gasteiger partial charge in [0.2, 0.25) is 0 Å². The van der Waals surface area contributed by atoms with Crippen LogP contribution in [0.25, 0.3) is 0 Å². The predicted octanol–water partition coefficient (Wildman–Crippen LogP) is 1.49. The Morgan fingerprint density at radius 1 is 1.41 bits per heavy atom. The topological polar surface area (TPSA) is 76.2 Å². The van der Waals surface area contributed by atoms with Gasteiger partial charge in [0.15, 0.2) is 0 Å². The molecule has 0 radical (unpaired) electrons. The standard InChI is InChI=1S/C13H22F3N5O/c1-3-20(4-2)7-5-6-18-12(22)11-10(17)8-19-21(11)9-13(14,15)16/h8H,3-7,9,17H2,1-2H3,(H,18,22). The van der Waals surface area contributed by atoms with Crippen molar-refractivity contribution in [2.45, 2.75) is 33.0 Å². The third kappa shape index (κ3) is 5.55. The number of hydrogen-bond donors (Lipinski definition) is 2. The van der Waals surface area contributed by atoms with Gasteiger partial charge in [-0.2, -0.15) is 18.3 Å². The summed E-state index contributed by atoms with van der Waals surface area (Å²) in [4.78, 5) is 14.2. The van der Waals surface area contributed by atoms with E-state index >= 15 is 0 Å². The van der Waals surface area contributed by atoms with Crippen LogP contribution in [0.4, 0.5) is 18.9 Å². The van der Waals surface area contributed by atoms with Gasteiger partial charge in [-0.3, -0.25) is 4.79 Å². The molecule has 22 heavy (non-hydrogen) atoms. The number of hydrogen-bond acceptors (Lipinski definition) is 4. The zero-order valence-electron chi connectivity index (χ0n) is 12.8. The number of nitrogens with zero attached hydrogens (tertiary/aromatic N) is 3. The summed E-state index contributed by atoms with van der Waals surface area (Å²) in [5.74, 6) is -0.640. The Hall–Kier alpha value is -1.77. The van der Waals surface area contributed by atoms with Gasteiger partial charge in [0.25, 0.3) is 5.91 Å². The molecule has 0 unspecified atom stereocenters. The molecule has 1 heterocycles. The first kappa shape index (κ1) is 18.3. The van der Waals surface area contributed by atoms with Gasteiger partial charge in [-0.15, -0.1) is 0 Å². The average molecular weight is 321 g/mol. The van der Waals surface area contributed by atoms with Crippen molar-refractivity contribution >= 4 is 11.6 Å². The van der Waals surface area contributed by atoms with Crippen molar-refractivity contribution in [3.63, 3.8) is 0 Å². The summed E-state index contributed by atoms with van der Waals surface area (Å²) in [6.07, 6.45) is -2.70. The number of carbonyl (C=O) groups is 1. The van der Waals surface area contributed by atoms with Crippen LogP contribution >= 0.6 is 0 Å². The quantitative estimate of drug-likeness (QED) is 0.711. The maximum Gasteiger partial charge on any atom is 0.408 e. The molecule has 0 aliphatic heterocycles. The van der Waals surface area contributed by atoms with Gasteiger partial charge in [-0.25, -0.2) is 4.68 Å². The van der Waals surface area contributed by atoms with Gasteiger partial charge in [0.1, 0.15) is 12.2 Å². The van der Waals surface area contributed by atoms with Crippen LogP contribution in [0.15, 0.2) is 6.20 Å². The summed E-state index contributed by atoms with van der Waals surface area (Å²) in [7, 11) is 0. The number of nitrogen functional groups attached to an aromatic ring is 1. The lowest BCUT2D eigenvalue weighted by Crippen LogP contribution is -2.32. The van der Waals surface area contributed by atoms with Crippen molar-refractivity contribution in [3.05, 3.63) is 11.9 Å². The van der Waals surface area contributed by atoms with Crippen LogP contribution in [-0.2, 0) is 6.54 Å². The smallest absolute Gasteiger partial charge is 0.396 e. The lowest BCUT2D eigenvalue weighted by Gasteiger charge is -2.17. The van der Waals surface area contributed by atoms with Gasteiger partial charge in [-0.1, -0.05) is 13.8 Å². The normalized spacial score (nSPS) is 11.9. The van der Waals surface area contributed by atoms with E-state index in [-0.39, 0.29) is 11.4 Å². The Morgan fingerprint density at radius 3 is 2.59 bits per heavy atom. The van der Waals surface area contributed by atoms with E-state index in [4.69, 9.17) is 5.73 Å². The van der Waals surface area contributed by atoms with Gasteiger partial charge in [0.05, 0.1) is 11.9 Å². The molecule has 3 N–H and O–H groups in total. The maximum absolute atomic E-state index is 12.4. The molecule has 0 fully saturated rings. The van der Waals surface area contributed by atoms with Crippen LogP contribution in [0, 0.1) is 0 Å². The number of halogens is 3. The molecule has 0 aliphatic rings. The zero-order valence-corrected chi connectivity index (χ0v) is 12.8. The van der Waals surface area contributed by atoms with Crippen molar-refractivity contribution in [1.82, 2.24) is 20.0 Å². The average Bonchev–Trinajstić information content (AvgIpc) is 2.77. The van der Waals surface area contributed by atoms with E-state index in [9.17, 15) is 18.0 Å². The molecule has 0 atom stereocenters. The molecule has 1 aromatic rings. The first-order valence-corrected chi connectivity index (χ1v) is 7.17. The van der Waals surface area contributed by atoms with Crippen LogP contribution in [0.1, 0.15) is 30.8 Å². The van der Waals surface area contributed by atoms with E-state index in [2.05, 4.69) is 15.3 Å². The van der Waals surface area contributed by atoms with Crippen LogP contribution in [0.3, 0.4) is 0 Å². The summed E-state index contributed by atoms with van der Waals surface area (Å²) in [5.41, 5.74) is 5.22. The van der Waals surface area contributed by atoms with E-state index < -0.39 is 18.6 Å². The van der Waals surface area contributed by atoms with Gasteiger partial charge in [-0.05, 0) is 26.1 Å². The van der Waals surface area contributed by atoms with E-state index in [1.54, 1.807) is 0 Å². The molecule has 126 valence electrons. The van der Waals surface area contributed by atoms with Crippen molar-refractivity contribution in [2.24, 2.45) is 0 Å². The van der Waals surface area contributed by atoms with Crippen LogP contribution in [0.2, 0.25) is 0 Å². The summed E-state index contributed by atoms with van der Waals surface area (Å²) in [6, 6.07) is 0. The Balaban J connectivity index is 2.57. The molecular formula is C13H22F3N5O. The minimum Gasteiger partial charge on any atom is -0.396 e. The first-order chi connectivity index (χ1) is 10.3. The fourth-order valence-electron chi connectivity index (χ4n) is 2.07. The third-order valence-electron chi connectivity index (χ3n) is 3.24. The minimum atomic E-state index is -4.46. The maximum atomic E-state index is 12.4.